The number of nitrogens with one attached hydrogen (secondary N) is 1. The van der Waals surface area contributed by atoms with E-state index < -0.39 is 5.97 Å². The van der Waals surface area contributed by atoms with Crippen molar-refractivity contribution in [2.45, 2.75) is 12.8 Å². The van der Waals surface area contributed by atoms with Gasteiger partial charge in [0.15, 0.2) is 0 Å². The summed E-state index contributed by atoms with van der Waals surface area (Å²) >= 11 is 0. The lowest BCUT2D eigenvalue weighted by molar-refractivity contribution is -0.141. The van der Waals surface area contributed by atoms with Gasteiger partial charge in [0.25, 0.3) is 0 Å². The minimum atomic E-state index is -0.730. The van der Waals surface area contributed by atoms with Crippen LogP contribution in [0, 0.1) is 11.8 Å². The van der Waals surface area contributed by atoms with E-state index in [1.165, 1.54) is 10.9 Å². The number of hydrogen-bond acceptors (Lipinski definition) is 2. The standard InChI is InChI=1S/C17H16N2O2.ClH/c20-17(21)13-7-12-3-1-2-10-6-11-4-5-18-15(11)8-14(10)16(12)19-9-13;/h1-2,4-6,8,12-13,18H,3,7,9H2,(H,20,21);1H. The van der Waals surface area contributed by atoms with Crippen LogP contribution in [0.5, 0.6) is 0 Å². The highest BCUT2D eigenvalue weighted by atomic mass is 35.5. The molecule has 1 aromatic carbocycles. The molecule has 1 aromatic heterocycles. The zero-order chi connectivity index (χ0) is 14.4. The summed E-state index contributed by atoms with van der Waals surface area (Å²) in [6.45, 7) is 0.392. The van der Waals surface area contributed by atoms with Gasteiger partial charge < -0.3 is 10.1 Å². The molecule has 2 unspecified atom stereocenters. The molecule has 0 saturated carbocycles. The Bertz CT molecular complexity index is 791. The van der Waals surface area contributed by atoms with E-state index in [-0.39, 0.29) is 24.2 Å². The third kappa shape index (κ3) is 2.33. The van der Waals surface area contributed by atoms with Crippen LogP contribution in [0.4, 0.5) is 0 Å². The van der Waals surface area contributed by atoms with Crippen molar-refractivity contribution in [2.24, 2.45) is 16.8 Å². The lowest BCUT2D eigenvalue weighted by Crippen LogP contribution is -2.30. The zero-order valence-electron chi connectivity index (χ0n) is 12.0. The minimum absolute atomic E-state index is 0. The highest BCUT2D eigenvalue weighted by Crippen LogP contribution is 2.33. The van der Waals surface area contributed by atoms with E-state index in [4.69, 9.17) is 0 Å². The fraction of sp³-hybridized carbons (Fsp3) is 0.294. The van der Waals surface area contributed by atoms with Crippen molar-refractivity contribution in [3.05, 3.63) is 41.6 Å². The van der Waals surface area contributed by atoms with Crippen LogP contribution in [0.15, 0.2) is 35.5 Å². The van der Waals surface area contributed by atoms with Gasteiger partial charge in [-0.3, -0.25) is 9.79 Å². The maximum absolute atomic E-state index is 11.2. The summed E-state index contributed by atoms with van der Waals surface area (Å²) in [7, 11) is 0. The number of carbonyl (C=O) groups is 1. The first-order valence-corrected chi connectivity index (χ1v) is 7.27. The molecule has 0 radical (unpaired) electrons. The van der Waals surface area contributed by atoms with Gasteiger partial charge in [0.1, 0.15) is 0 Å². The quantitative estimate of drug-likeness (QED) is 0.845. The number of benzene rings is 1. The molecule has 0 spiro atoms. The maximum atomic E-state index is 11.2. The van der Waals surface area contributed by atoms with Crippen LogP contribution in [-0.4, -0.2) is 28.3 Å². The Kier molecular flexibility index (Phi) is 3.79. The molecular weight excluding hydrogens is 300 g/mol. The number of allylic oxidation sites excluding steroid dienone is 1. The predicted molar refractivity (Wildman–Crippen MR) is 89.8 cm³/mol. The van der Waals surface area contributed by atoms with Crippen molar-refractivity contribution in [3.8, 4) is 0 Å². The molecule has 0 amide bonds. The Morgan fingerprint density at radius 2 is 2.23 bits per heavy atom. The molecule has 0 fully saturated rings. The number of aliphatic carboxylic acids is 1. The van der Waals surface area contributed by atoms with Crippen LogP contribution in [0.2, 0.25) is 0 Å². The second-order valence-electron chi connectivity index (χ2n) is 5.84. The second kappa shape index (κ2) is 5.61. The van der Waals surface area contributed by atoms with Crippen LogP contribution in [0.3, 0.4) is 0 Å². The van der Waals surface area contributed by atoms with Gasteiger partial charge in [-0.1, -0.05) is 12.2 Å². The predicted octanol–water partition coefficient (Wildman–Crippen LogP) is 3.52. The number of H-pyrrole nitrogens is 1. The molecule has 2 heterocycles. The molecule has 1 aliphatic carbocycles. The first kappa shape index (κ1) is 14.9. The van der Waals surface area contributed by atoms with Gasteiger partial charge in [0, 0.05) is 28.9 Å². The van der Waals surface area contributed by atoms with Crippen molar-refractivity contribution in [3.63, 3.8) is 0 Å². The van der Waals surface area contributed by atoms with E-state index in [2.05, 4.69) is 40.3 Å². The number of carboxylic acid groups (broad SMARTS) is 1. The fourth-order valence-electron chi connectivity index (χ4n) is 3.40. The zero-order valence-corrected chi connectivity index (χ0v) is 12.8. The summed E-state index contributed by atoms with van der Waals surface area (Å²) in [4.78, 5) is 19.1. The normalized spacial score (nSPS) is 23.0. The van der Waals surface area contributed by atoms with Gasteiger partial charge in [-0.05, 0) is 42.0 Å². The maximum Gasteiger partial charge on any atom is 0.308 e. The van der Waals surface area contributed by atoms with E-state index in [0.717, 1.165) is 23.2 Å². The van der Waals surface area contributed by atoms with Crippen LogP contribution in [-0.2, 0) is 4.79 Å². The first-order chi connectivity index (χ1) is 10.2. The Morgan fingerprint density at radius 3 is 3.05 bits per heavy atom. The van der Waals surface area contributed by atoms with E-state index in [1.54, 1.807) is 0 Å². The first-order valence-electron chi connectivity index (χ1n) is 7.27. The SMILES string of the molecule is Cl.O=C(O)C1CN=C2c3cc4[nH]ccc4cc3C=CCC2C1. The average molecular weight is 317 g/mol. The largest absolute Gasteiger partial charge is 0.481 e. The summed E-state index contributed by atoms with van der Waals surface area (Å²) in [5.74, 6) is -0.862. The monoisotopic (exact) mass is 316 g/mol. The summed E-state index contributed by atoms with van der Waals surface area (Å²) in [6, 6.07) is 6.38. The highest BCUT2D eigenvalue weighted by molar-refractivity contribution is 6.08. The van der Waals surface area contributed by atoms with Crippen molar-refractivity contribution in [1.29, 1.82) is 0 Å². The number of rotatable bonds is 1. The van der Waals surface area contributed by atoms with E-state index in [9.17, 15) is 9.90 Å². The van der Waals surface area contributed by atoms with E-state index >= 15 is 0 Å². The summed E-state index contributed by atoms with van der Waals surface area (Å²) < 4.78 is 0. The molecule has 2 aromatic rings. The molecule has 2 aliphatic rings. The fourth-order valence-corrected chi connectivity index (χ4v) is 3.40. The number of halogens is 1. The minimum Gasteiger partial charge on any atom is -0.481 e. The van der Waals surface area contributed by atoms with Crippen molar-refractivity contribution in [2.75, 3.05) is 6.54 Å². The van der Waals surface area contributed by atoms with Gasteiger partial charge in [0.2, 0.25) is 0 Å². The molecule has 4 rings (SSSR count). The second-order valence-corrected chi connectivity index (χ2v) is 5.84. The molecule has 0 bridgehead atoms. The Labute approximate surface area is 134 Å². The molecule has 2 atom stereocenters. The Hall–Kier alpha value is -2.07. The van der Waals surface area contributed by atoms with Crippen molar-refractivity contribution < 1.29 is 9.90 Å². The summed E-state index contributed by atoms with van der Waals surface area (Å²) in [5.41, 5.74) is 4.50. The molecule has 4 nitrogen and oxygen atoms in total. The van der Waals surface area contributed by atoms with Gasteiger partial charge in [-0.25, -0.2) is 0 Å². The number of carboxylic acids is 1. The number of aliphatic imine (C=N–C) groups is 1. The molecule has 0 saturated heterocycles. The number of nitrogens with zero attached hydrogens (tertiary/aromatic N) is 1. The molecule has 22 heavy (non-hydrogen) atoms. The summed E-state index contributed by atoms with van der Waals surface area (Å²) in [6.07, 6.45) is 7.77. The number of aromatic nitrogens is 1. The molecule has 114 valence electrons. The number of hydrogen-bond donors (Lipinski definition) is 2. The van der Waals surface area contributed by atoms with Crippen molar-refractivity contribution >= 4 is 41.1 Å². The van der Waals surface area contributed by atoms with E-state index in [0.29, 0.717) is 13.0 Å². The Balaban J connectivity index is 0.00000144. The van der Waals surface area contributed by atoms with Gasteiger partial charge in [-0.2, -0.15) is 0 Å². The van der Waals surface area contributed by atoms with Gasteiger partial charge >= 0.3 is 5.97 Å². The van der Waals surface area contributed by atoms with Crippen LogP contribution < -0.4 is 0 Å². The van der Waals surface area contributed by atoms with Crippen LogP contribution in [0.25, 0.3) is 17.0 Å². The molecule has 1 aliphatic heterocycles. The van der Waals surface area contributed by atoms with E-state index in [1.807, 2.05) is 6.20 Å². The van der Waals surface area contributed by atoms with Gasteiger partial charge in [0.05, 0.1) is 12.5 Å². The molecular formula is C17H17ClN2O2. The number of aromatic amines is 1. The lowest BCUT2D eigenvalue weighted by Gasteiger charge is -2.26. The highest BCUT2D eigenvalue weighted by Gasteiger charge is 2.31. The van der Waals surface area contributed by atoms with Gasteiger partial charge in [-0.15, -0.1) is 12.4 Å². The summed E-state index contributed by atoms with van der Waals surface area (Å²) in [5, 5.41) is 10.4. The lowest BCUT2D eigenvalue weighted by atomic mass is 9.83. The molecule has 5 heteroatoms. The third-order valence-electron chi connectivity index (χ3n) is 4.50. The third-order valence-corrected chi connectivity index (χ3v) is 4.50. The van der Waals surface area contributed by atoms with Crippen molar-refractivity contribution in [1.82, 2.24) is 4.98 Å². The average Bonchev–Trinajstić information content (AvgIpc) is 2.85. The topological polar surface area (TPSA) is 65.4 Å². The smallest absolute Gasteiger partial charge is 0.308 e. The van der Waals surface area contributed by atoms with Crippen LogP contribution >= 0.6 is 12.4 Å². The Morgan fingerprint density at radius 1 is 1.36 bits per heavy atom. The number of fused-ring (bicyclic) bond motifs is 4. The van der Waals surface area contributed by atoms with Crippen LogP contribution in [0.1, 0.15) is 24.0 Å². The molecule has 2 N–H and O–H groups in total.